The van der Waals surface area contributed by atoms with Crippen LogP contribution in [0.5, 0.6) is 11.5 Å². The summed E-state index contributed by atoms with van der Waals surface area (Å²) in [7, 11) is 3.34. The SMILES string of the molecule is COCCCNCc1cccc(OC)c1OCc1ccc(Cl)cc1Cl.Cl. The van der Waals surface area contributed by atoms with Crippen molar-refractivity contribution in [2.45, 2.75) is 19.6 Å². The number of nitrogens with one attached hydrogen (secondary N) is 1. The molecule has 0 radical (unpaired) electrons. The fraction of sp³-hybridized carbons (Fsp3) is 0.368. The highest BCUT2D eigenvalue weighted by molar-refractivity contribution is 6.35. The second kappa shape index (κ2) is 12.3. The Balaban J connectivity index is 0.00000338. The van der Waals surface area contributed by atoms with Crippen molar-refractivity contribution >= 4 is 35.6 Å². The predicted octanol–water partition coefficient (Wildman–Crippen LogP) is 5.13. The number of ether oxygens (including phenoxy) is 3. The van der Waals surface area contributed by atoms with Gasteiger partial charge in [-0.1, -0.05) is 41.4 Å². The maximum atomic E-state index is 6.22. The van der Waals surface area contributed by atoms with Crippen LogP contribution in [0.2, 0.25) is 10.0 Å². The third-order valence-electron chi connectivity index (χ3n) is 3.68. The molecule has 0 saturated heterocycles. The summed E-state index contributed by atoms with van der Waals surface area (Å²) in [6, 6.07) is 11.2. The lowest BCUT2D eigenvalue weighted by Gasteiger charge is -2.16. The van der Waals surface area contributed by atoms with E-state index in [0.717, 1.165) is 36.4 Å². The van der Waals surface area contributed by atoms with E-state index in [1.807, 2.05) is 24.3 Å². The highest BCUT2D eigenvalue weighted by Crippen LogP contribution is 2.32. The van der Waals surface area contributed by atoms with E-state index in [1.165, 1.54) is 0 Å². The van der Waals surface area contributed by atoms with Gasteiger partial charge >= 0.3 is 0 Å². The minimum Gasteiger partial charge on any atom is -0.493 e. The normalized spacial score (nSPS) is 10.3. The van der Waals surface area contributed by atoms with E-state index in [4.69, 9.17) is 37.4 Å². The van der Waals surface area contributed by atoms with Crippen molar-refractivity contribution in [1.82, 2.24) is 5.32 Å². The Morgan fingerprint density at radius 3 is 2.54 bits per heavy atom. The van der Waals surface area contributed by atoms with Crippen molar-refractivity contribution in [1.29, 1.82) is 0 Å². The Kier molecular flexibility index (Phi) is 10.8. The lowest BCUT2D eigenvalue weighted by molar-refractivity contribution is 0.194. The van der Waals surface area contributed by atoms with Crippen LogP contribution in [0, 0.1) is 0 Å². The molecule has 7 heteroatoms. The van der Waals surface area contributed by atoms with Gasteiger partial charge < -0.3 is 19.5 Å². The molecule has 0 aliphatic heterocycles. The van der Waals surface area contributed by atoms with Gasteiger partial charge in [0.25, 0.3) is 0 Å². The number of halogens is 3. The quantitative estimate of drug-likeness (QED) is 0.541. The Morgan fingerprint density at radius 2 is 1.85 bits per heavy atom. The molecule has 2 rings (SSSR count). The first-order valence-electron chi connectivity index (χ1n) is 8.08. The van der Waals surface area contributed by atoms with Crippen molar-refractivity contribution in [3.63, 3.8) is 0 Å². The molecule has 1 N–H and O–H groups in total. The first-order valence-corrected chi connectivity index (χ1v) is 8.83. The van der Waals surface area contributed by atoms with Crippen molar-refractivity contribution < 1.29 is 14.2 Å². The molecule has 144 valence electrons. The van der Waals surface area contributed by atoms with Gasteiger partial charge in [0.1, 0.15) is 6.61 Å². The number of hydrogen-bond acceptors (Lipinski definition) is 4. The second-order valence-corrected chi connectivity index (χ2v) is 6.34. The van der Waals surface area contributed by atoms with E-state index in [2.05, 4.69) is 5.32 Å². The van der Waals surface area contributed by atoms with Gasteiger partial charge in [0.2, 0.25) is 0 Å². The highest BCUT2D eigenvalue weighted by Gasteiger charge is 2.12. The maximum Gasteiger partial charge on any atom is 0.166 e. The fourth-order valence-electron chi connectivity index (χ4n) is 2.38. The van der Waals surface area contributed by atoms with Crippen LogP contribution in [0.4, 0.5) is 0 Å². The number of hydrogen-bond donors (Lipinski definition) is 1. The molecule has 0 aromatic heterocycles. The minimum absolute atomic E-state index is 0. The Labute approximate surface area is 171 Å². The lowest BCUT2D eigenvalue weighted by atomic mass is 10.1. The molecule has 0 heterocycles. The minimum atomic E-state index is 0. The van der Waals surface area contributed by atoms with Crippen molar-refractivity contribution in [3.8, 4) is 11.5 Å². The first kappa shape index (κ1) is 22.9. The van der Waals surface area contributed by atoms with E-state index in [1.54, 1.807) is 26.4 Å². The molecule has 26 heavy (non-hydrogen) atoms. The summed E-state index contributed by atoms with van der Waals surface area (Å²) in [5.74, 6) is 1.41. The second-order valence-electron chi connectivity index (χ2n) is 5.50. The van der Waals surface area contributed by atoms with Crippen LogP contribution in [-0.2, 0) is 17.9 Å². The molecule has 0 bridgehead atoms. The van der Waals surface area contributed by atoms with Crippen LogP contribution in [0.1, 0.15) is 17.5 Å². The van der Waals surface area contributed by atoms with Crippen molar-refractivity contribution in [3.05, 3.63) is 57.6 Å². The van der Waals surface area contributed by atoms with Crippen LogP contribution in [-0.4, -0.2) is 27.4 Å². The maximum absolute atomic E-state index is 6.22. The van der Waals surface area contributed by atoms with Gasteiger partial charge in [-0.2, -0.15) is 0 Å². The summed E-state index contributed by atoms with van der Waals surface area (Å²) >= 11 is 12.2. The Hall–Kier alpha value is -1.17. The average Bonchev–Trinajstić information content (AvgIpc) is 2.61. The molecule has 0 unspecified atom stereocenters. The monoisotopic (exact) mass is 419 g/mol. The summed E-state index contributed by atoms with van der Waals surface area (Å²) in [6.45, 7) is 2.63. The zero-order chi connectivity index (χ0) is 18.1. The van der Waals surface area contributed by atoms with Gasteiger partial charge in [0.15, 0.2) is 11.5 Å². The highest BCUT2D eigenvalue weighted by atomic mass is 35.5. The van der Waals surface area contributed by atoms with Crippen LogP contribution in [0.15, 0.2) is 36.4 Å². The van der Waals surface area contributed by atoms with Gasteiger partial charge in [0.05, 0.1) is 7.11 Å². The molecular weight excluding hydrogens is 397 g/mol. The zero-order valence-electron chi connectivity index (χ0n) is 14.9. The molecule has 2 aromatic carbocycles. The number of benzene rings is 2. The molecule has 0 aliphatic carbocycles. The van der Waals surface area contributed by atoms with E-state index in [9.17, 15) is 0 Å². The van der Waals surface area contributed by atoms with Gasteiger partial charge in [-0.3, -0.25) is 0 Å². The largest absolute Gasteiger partial charge is 0.493 e. The van der Waals surface area contributed by atoms with Gasteiger partial charge in [-0.25, -0.2) is 0 Å². The van der Waals surface area contributed by atoms with Gasteiger partial charge in [-0.15, -0.1) is 12.4 Å². The van der Waals surface area contributed by atoms with Crippen LogP contribution < -0.4 is 14.8 Å². The average molecular weight is 421 g/mol. The van der Waals surface area contributed by atoms with Gasteiger partial charge in [0, 0.05) is 41.4 Å². The molecule has 0 spiro atoms. The van der Waals surface area contributed by atoms with Crippen molar-refractivity contribution in [2.75, 3.05) is 27.4 Å². The third kappa shape index (κ3) is 6.86. The summed E-state index contributed by atoms with van der Waals surface area (Å²) in [5, 5.41) is 4.57. The molecule has 4 nitrogen and oxygen atoms in total. The van der Waals surface area contributed by atoms with Crippen LogP contribution >= 0.6 is 35.6 Å². The van der Waals surface area contributed by atoms with E-state index >= 15 is 0 Å². The lowest BCUT2D eigenvalue weighted by Crippen LogP contribution is -2.17. The van der Waals surface area contributed by atoms with Crippen molar-refractivity contribution in [2.24, 2.45) is 0 Å². The standard InChI is InChI=1S/C19H23Cl2NO3.ClH/c1-23-10-4-9-22-12-14-5-3-6-18(24-2)19(14)25-13-15-7-8-16(20)11-17(15)21;/h3,5-8,11,22H,4,9-10,12-13H2,1-2H3;1H. The first-order chi connectivity index (χ1) is 12.2. The fourth-order valence-corrected chi connectivity index (χ4v) is 2.84. The zero-order valence-corrected chi connectivity index (χ0v) is 17.2. The predicted molar refractivity (Wildman–Crippen MR) is 109 cm³/mol. The molecule has 0 fully saturated rings. The molecule has 0 amide bonds. The van der Waals surface area contributed by atoms with E-state index in [-0.39, 0.29) is 12.4 Å². The smallest absolute Gasteiger partial charge is 0.166 e. The number of para-hydroxylation sites is 1. The summed E-state index contributed by atoms with van der Waals surface area (Å²) in [6.07, 6.45) is 0.955. The summed E-state index contributed by atoms with van der Waals surface area (Å²) < 4.78 is 16.5. The summed E-state index contributed by atoms with van der Waals surface area (Å²) in [4.78, 5) is 0. The number of methoxy groups -OCH3 is 2. The topological polar surface area (TPSA) is 39.7 Å². The Morgan fingerprint density at radius 1 is 1.04 bits per heavy atom. The van der Waals surface area contributed by atoms with Crippen LogP contribution in [0.3, 0.4) is 0 Å². The Bertz CT molecular complexity index is 683. The third-order valence-corrected chi connectivity index (χ3v) is 4.27. The number of rotatable bonds is 10. The molecule has 0 atom stereocenters. The summed E-state index contributed by atoms with van der Waals surface area (Å²) in [5.41, 5.74) is 1.90. The molecule has 0 saturated carbocycles. The van der Waals surface area contributed by atoms with Crippen LogP contribution in [0.25, 0.3) is 0 Å². The van der Waals surface area contributed by atoms with E-state index in [0.29, 0.717) is 28.9 Å². The molecule has 0 aliphatic rings. The molecule has 2 aromatic rings. The molecular formula is C19H24Cl3NO3. The van der Waals surface area contributed by atoms with Gasteiger partial charge in [-0.05, 0) is 31.2 Å². The van der Waals surface area contributed by atoms with E-state index < -0.39 is 0 Å².